The lowest BCUT2D eigenvalue weighted by Gasteiger charge is -2.22. The van der Waals surface area contributed by atoms with E-state index in [-0.39, 0.29) is 50.9 Å². The molecule has 1 aromatic carbocycles. The molecule has 1 aliphatic rings. The third-order valence-corrected chi connectivity index (χ3v) is 7.75. The van der Waals surface area contributed by atoms with E-state index in [0.717, 1.165) is 12.8 Å². The number of anilines is 3. The van der Waals surface area contributed by atoms with Crippen LogP contribution in [0.3, 0.4) is 0 Å². The molecule has 0 aliphatic heterocycles. The number of nitrogens with zero attached hydrogens (tertiary/aromatic N) is 2. The second kappa shape index (κ2) is 11.0. The van der Waals surface area contributed by atoms with Crippen LogP contribution in [0.4, 0.5) is 21.6 Å². The van der Waals surface area contributed by atoms with Gasteiger partial charge in [-0.3, -0.25) is 23.9 Å². The molecule has 202 valence electrons. The number of hydrogen-bond acceptors (Lipinski definition) is 7. The molecule has 0 radical (unpaired) electrons. The maximum atomic E-state index is 14.7. The monoisotopic (exact) mass is 676 g/mol. The Morgan fingerprint density at radius 2 is 1.97 bits per heavy atom. The molecule has 1 aliphatic carbocycles. The summed E-state index contributed by atoms with van der Waals surface area (Å²) in [5.41, 5.74) is -0.569. The molecule has 15 heteroatoms. The molecule has 3 aromatic rings. The smallest absolute Gasteiger partial charge is 0.298 e. The minimum absolute atomic E-state index is 0.00928. The van der Waals surface area contributed by atoms with Crippen LogP contribution in [0.15, 0.2) is 35.4 Å². The van der Waals surface area contributed by atoms with Crippen LogP contribution in [0.2, 0.25) is 5.02 Å². The molecule has 1 fully saturated rings. The third kappa shape index (κ3) is 6.03. The van der Waals surface area contributed by atoms with Gasteiger partial charge in [0, 0.05) is 23.7 Å². The van der Waals surface area contributed by atoms with Gasteiger partial charge >= 0.3 is 0 Å². The van der Waals surface area contributed by atoms with Gasteiger partial charge in [0.15, 0.2) is 11.5 Å². The summed E-state index contributed by atoms with van der Waals surface area (Å²) in [5.74, 6) is -1.41. The van der Waals surface area contributed by atoms with Gasteiger partial charge in [0.25, 0.3) is 21.7 Å². The Hall–Kier alpha value is -2.95. The molecule has 11 nitrogen and oxygen atoms in total. The minimum atomic E-state index is -3.93. The van der Waals surface area contributed by atoms with Crippen molar-refractivity contribution in [2.24, 2.45) is 7.05 Å². The fourth-order valence-corrected chi connectivity index (χ4v) is 4.71. The zero-order chi connectivity index (χ0) is 27.8. The normalized spacial score (nSPS) is 13.2. The summed E-state index contributed by atoms with van der Waals surface area (Å²) in [7, 11) is -1.27. The van der Waals surface area contributed by atoms with Gasteiger partial charge in [0.05, 0.1) is 29.3 Å². The van der Waals surface area contributed by atoms with Crippen LogP contribution in [0, 0.1) is 16.3 Å². The Balaban J connectivity index is 1.87. The summed E-state index contributed by atoms with van der Waals surface area (Å²) in [6, 6.07) is 4.42. The first-order valence-corrected chi connectivity index (χ1v) is 14.1. The van der Waals surface area contributed by atoms with E-state index >= 15 is 0 Å². The van der Waals surface area contributed by atoms with Gasteiger partial charge in [-0.15, -0.1) is 0 Å². The van der Waals surface area contributed by atoms with Crippen molar-refractivity contribution in [3.8, 4) is 11.5 Å². The Morgan fingerprint density at radius 3 is 2.61 bits per heavy atom. The number of ether oxygens (including phenoxy) is 1. The van der Waals surface area contributed by atoms with Gasteiger partial charge in [-0.25, -0.2) is 9.11 Å². The average Bonchev–Trinajstić information content (AvgIpc) is 3.68. The van der Waals surface area contributed by atoms with Crippen molar-refractivity contribution in [1.29, 1.82) is 0 Å². The average molecular weight is 677 g/mol. The van der Waals surface area contributed by atoms with E-state index in [9.17, 15) is 22.4 Å². The summed E-state index contributed by atoms with van der Waals surface area (Å²) < 4.78 is 50.8. The van der Waals surface area contributed by atoms with Gasteiger partial charge in [-0.2, -0.15) is 8.42 Å². The van der Waals surface area contributed by atoms with Gasteiger partial charge < -0.3 is 15.4 Å². The summed E-state index contributed by atoms with van der Waals surface area (Å²) in [6.07, 6.45) is 3.98. The Kier molecular flexibility index (Phi) is 8.15. The largest absolute Gasteiger partial charge is 0.453 e. The van der Waals surface area contributed by atoms with Gasteiger partial charge in [0.2, 0.25) is 0 Å². The van der Waals surface area contributed by atoms with Crippen LogP contribution in [0.5, 0.6) is 11.5 Å². The maximum Gasteiger partial charge on any atom is 0.298 e. The molecule has 4 N–H and O–H groups in total. The van der Waals surface area contributed by atoms with Crippen LogP contribution in [0.1, 0.15) is 28.8 Å². The second-order valence-electron chi connectivity index (χ2n) is 8.45. The fourth-order valence-electron chi connectivity index (χ4n) is 3.47. The predicted octanol–water partition coefficient (Wildman–Crippen LogP) is 3.79. The summed E-state index contributed by atoms with van der Waals surface area (Å²) in [4.78, 5) is 30.6. The summed E-state index contributed by atoms with van der Waals surface area (Å²) in [6.45, 7) is 1.47. The Bertz CT molecular complexity index is 1600. The van der Waals surface area contributed by atoms with Crippen LogP contribution in [0.25, 0.3) is 0 Å². The number of hydrogen-bond donors (Lipinski definition) is 4. The molecule has 1 saturated carbocycles. The number of pyridine rings is 2. The van der Waals surface area contributed by atoms with E-state index in [0.29, 0.717) is 3.57 Å². The molecule has 0 bridgehead atoms. The molecule has 0 unspecified atom stereocenters. The molecule has 38 heavy (non-hydrogen) atoms. The maximum absolute atomic E-state index is 14.7. The molecule has 0 saturated heterocycles. The van der Waals surface area contributed by atoms with Crippen molar-refractivity contribution in [1.82, 2.24) is 19.6 Å². The standard InChI is InChI=1S/C23H23ClFIN6O5S/c1-11-20(37-17-10-28-9-16(19(17)24)31-38(35,36)27-2)18(22(33)29-13-5-6-13)21(32(3)23(11)34)30-15-7-4-12(26)8-14(15)25/h4,7-10,13,27,30-31H,5-6H2,1-3H3,(H,29,33). The van der Waals surface area contributed by atoms with E-state index in [1.807, 2.05) is 22.6 Å². The number of amides is 1. The summed E-state index contributed by atoms with van der Waals surface area (Å²) >= 11 is 8.38. The highest BCUT2D eigenvalue weighted by molar-refractivity contribution is 14.1. The van der Waals surface area contributed by atoms with Crippen molar-refractivity contribution in [3.63, 3.8) is 0 Å². The second-order valence-corrected chi connectivity index (χ2v) is 11.7. The molecule has 2 heterocycles. The van der Waals surface area contributed by atoms with Crippen LogP contribution < -0.4 is 30.4 Å². The first-order valence-electron chi connectivity index (χ1n) is 11.2. The van der Waals surface area contributed by atoms with E-state index in [2.05, 4.69) is 25.1 Å². The lowest BCUT2D eigenvalue weighted by molar-refractivity contribution is 0.0948. The quantitative estimate of drug-likeness (QED) is 0.253. The van der Waals surface area contributed by atoms with Crippen molar-refractivity contribution in [2.45, 2.75) is 25.8 Å². The van der Waals surface area contributed by atoms with Crippen LogP contribution in [-0.2, 0) is 17.3 Å². The number of benzene rings is 1. The van der Waals surface area contributed by atoms with Crippen molar-refractivity contribution >= 4 is 67.5 Å². The third-order valence-electron chi connectivity index (χ3n) is 5.66. The SMILES string of the molecule is CNS(=O)(=O)Nc1cncc(Oc2c(C(=O)NC3CC3)c(Nc3ccc(I)cc3F)n(C)c(=O)c2C)c1Cl. The molecule has 0 atom stereocenters. The number of rotatable bonds is 9. The predicted molar refractivity (Wildman–Crippen MR) is 150 cm³/mol. The molecule has 2 aromatic heterocycles. The highest BCUT2D eigenvalue weighted by Crippen LogP contribution is 2.39. The van der Waals surface area contributed by atoms with Gasteiger partial charge in [-0.05, 0) is 60.6 Å². The van der Waals surface area contributed by atoms with Crippen LogP contribution >= 0.6 is 34.2 Å². The van der Waals surface area contributed by atoms with Gasteiger partial charge in [-0.1, -0.05) is 11.6 Å². The van der Waals surface area contributed by atoms with Crippen molar-refractivity contribution < 1.29 is 22.3 Å². The van der Waals surface area contributed by atoms with Crippen molar-refractivity contribution in [3.05, 3.63) is 66.5 Å². The first kappa shape index (κ1) is 28.1. The lowest BCUT2D eigenvalue weighted by atomic mass is 10.1. The Labute approximate surface area is 236 Å². The number of carbonyl (C=O) groups excluding carboxylic acids is 1. The zero-order valence-electron chi connectivity index (χ0n) is 20.4. The lowest BCUT2D eigenvalue weighted by Crippen LogP contribution is -2.31. The number of aromatic nitrogens is 2. The zero-order valence-corrected chi connectivity index (χ0v) is 24.1. The summed E-state index contributed by atoms with van der Waals surface area (Å²) in [5, 5.41) is 5.57. The highest BCUT2D eigenvalue weighted by atomic mass is 127. The van der Waals surface area contributed by atoms with E-state index in [4.69, 9.17) is 16.3 Å². The number of carbonyl (C=O) groups is 1. The molecule has 1 amide bonds. The highest BCUT2D eigenvalue weighted by Gasteiger charge is 2.31. The first-order chi connectivity index (χ1) is 17.9. The number of halogens is 3. The fraction of sp³-hybridized carbons (Fsp3) is 0.261. The van der Waals surface area contributed by atoms with E-state index in [1.165, 1.54) is 50.1 Å². The molecular weight excluding hydrogens is 654 g/mol. The number of nitrogens with one attached hydrogen (secondary N) is 4. The molecular formula is C23H23ClFIN6O5S. The van der Waals surface area contributed by atoms with Crippen LogP contribution in [-0.4, -0.2) is 37.0 Å². The molecule has 4 rings (SSSR count). The topological polar surface area (TPSA) is 143 Å². The molecule has 0 spiro atoms. The van der Waals surface area contributed by atoms with Gasteiger partial charge in [0.1, 0.15) is 22.2 Å². The van der Waals surface area contributed by atoms with E-state index < -0.39 is 27.5 Å². The van der Waals surface area contributed by atoms with Crippen molar-refractivity contribution in [2.75, 3.05) is 17.1 Å². The van der Waals surface area contributed by atoms with E-state index in [1.54, 1.807) is 6.07 Å². The minimum Gasteiger partial charge on any atom is -0.453 e. The Morgan fingerprint density at radius 1 is 1.26 bits per heavy atom.